The fraction of sp³-hybridized carbons (Fsp3) is 0.818. The van der Waals surface area contributed by atoms with Crippen molar-refractivity contribution in [3.63, 3.8) is 0 Å². The molecule has 0 aromatic rings. The number of rotatable bonds is 3. The first-order chi connectivity index (χ1) is 7.69. The zero-order valence-corrected chi connectivity index (χ0v) is 10.2. The van der Waals surface area contributed by atoms with E-state index in [1.165, 1.54) is 0 Å². The fourth-order valence-electron chi connectivity index (χ4n) is 1.79. The third kappa shape index (κ3) is 3.40. The van der Waals surface area contributed by atoms with Gasteiger partial charge >= 0.3 is 6.03 Å². The van der Waals surface area contributed by atoms with Crippen molar-refractivity contribution in [3.05, 3.63) is 0 Å². The first kappa shape index (κ1) is 12.8. The third-order valence-electron chi connectivity index (χ3n) is 2.71. The van der Waals surface area contributed by atoms with Gasteiger partial charge in [-0.05, 0) is 13.3 Å². The van der Waals surface area contributed by atoms with Gasteiger partial charge in [0.1, 0.15) is 0 Å². The predicted molar refractivity (Wildman–Crippen MR) is 62.1 cm³/mol. The van der Waals surface area contributed by atoms with Gasteiger partial charge in [0.2, 0.25) is 5.91 Å². The van der Waals surface area contributed by atoms with E-state index in [1.807, 2.05) is 18.7 Å². The molecule has 0 atom stereocenters. The van der Waals surface area contributed by atoms with E-state index in [2.05, 4.69) is 5.32 Å². The Hall–Kier alpha value is -1.26. The van der Waals surface area contributed by atoms with Gasteiger partial charge in [-0.1, -0.05) is 6.92 Å². The Morgan fingerprint density at radius 2 is 1.62 bits per heavy atom. The van der Waals surface area contributed by atoms with Crippen LogP contribution in [0.5, 0.6) is 0 Å². The van der Waals surface area contributed by atoms with Crippen molar-refractivity contribution >= 4 is 11.9 Å². The molecule has 1 aliphatic rings. The molecule has 1 saturated heterocycles. The van der Waals surface area contributed by atoms with E-state index in [9.17, 15) is 9.59 Å². The fourth-order valence-corrected chi connectivity index (χ4v) is 1.79. The summed E-state index contributed by atoms with van der Waals surface area (Å²) in [6.07, 6.45) is 1.50. The second-order valence-corrected chi connectivity index (χ2v) is 3.95. The van der Waals surface area contributed by atoms with Gasteiger partial charge in [0, 0.05) is 39.1 Å². The van der Waals surface area contributed by atoms with Crippen LogP contribution < -0.4 is 5.32 Å². The topological polar surface area (TPSA) is 52.7 Å². The Kier molecular flexibility index (Phi) is 5.08. The highest BCUT2D eigenvalue weighted by Gasteiger charge is 2.22. The van der Waals surface area contributed by atoms with Crippen LogP contribution in [0.3, 0.4) is 0 Å². The highest BCUT2D eigenvalue weighted by Crippen LogP contribution is 2.05. The van der Waals surface area contributed by atoms with Gasteiger partial charge in [0.05, 0.1) is 0 Å². The minimum absolute atomic E-state index is 0.0231. The molecule has 1 rings (SSSR count). The molecule has 0 radical (unpaired) electrons. The number of amides is 3. The molecular formula is C11H21N3O2. The molecule has 1 fully saturated rings. The molecule has 0 aliphatic carbocycles. The van der Waals surface area contributed by atoms with Crippen LogP contribution in [0.2, 0.25) is 0 Å². The largest absolute Gasteiger partial charge is 0.339 e. The lowest BCUT2D eigenvalue weighted by Gasteiger charge is -2.34. The Balaban J connectivity index is 2.33. The van der Waals surface area contributed by atoms with Crippen molar-refractivity contribution in [2.45, 2.75) is 26.7 Å². The molecule has 1 N–H and O–H groups in total. The molecule has 5 nitrogen and oxygen atoms in total. The van der Waals surface area contributed by atoms with E-state index in [-0.39, 0.29) is 11.9 Å². The van der Waals surface area contributed by atoms with Crippen molar-refractivity contribution in [1.82, 2.24) is 15.1 Å². The number of hydrogen-bond acceptors (Lipinski definition) is 2. The normalized spacial score (nSPS) is 16.1. The smallest absolute Gasteiger partial charge is 0.317 e. The second kappa shape index (κ2) is 6.35. The van der Waals surface area contributed by atoms with Gasteiger partial charge < -0.3 is 15.1 Å². The van der Waals surface area contributed by atoms with E-state index in [4.69, 9.17) is 0 Å². The minimum atomic E-state index is -0.0231. The Morgan fingerprint density at radius 1 is 1.06 bits per heavy atom. The first-order valence-electron chi connectivity index (χ1n) is 5.99. The van der Waals surface area contributed by atoms with E-state index in [0.717, 1.165) is 6.42 Å². The number of piperazine rings is 1. The summed E-state index contributed by atoms with van der Waals surface area (Å²) in [5.41, 5.74) is 0. The zero-order valence-electron chi connectivity index (χ0n) is 10.2. The monoisotopic (exact) mass is 227 g/mol. The van der Waals surface area contributed by atoms with Gasteiger partial charge in [-0.25, -0.2) is 4.79 Å². The molecule has 0 unspecified atom stereocenters. The van der Waals surface area contributed by atoms with Gasteiger partial charge in [-0.2, -0.15) is 0 Å². The molecule has 16 heavy (non-hydrogen) atoms. The molecule has 5 heteroatoms. The summed E-state index contributed by atoms with van der Waals surface area (Å²) in [5.74, 6) is 0.207. The van der Waals surface area contributed by atoms with E-state index < -0.39 is 0 Å². The summed E-state index contributed by atoms with van der Waals surface area (Å²) < 4.78 is 0. The van der Waals surface area contributed by atoms with E-state index in [1.54, 1.807) is 4.90 Å². The SMILES string of the molecule is CCCC(=O)N1CCN(C(=O)NCC)CC1. The summed E-state index contributed by atoms with van der Waals surface area (Å²) in [5, 5.41) is 2.77. The van der Waals surface area contributed by atoms with Crippen LogP contribution in [0.1, 0.15) is 26.7 Å². The number of carbonyl (C=O) groups excluding carboxylic acids is 2. The molecule has 1 aliphatic heterocycles. The van der Waals surface area contributed by atoms with Gasteiger partial charge in [-0.3, -0.25) is 4.79 Å². The molecule has 0 bridgehead atoms. The van der Waals surface area contributed by atoms with Gasteiger partial charge in [0.15, 0.2) is 0 Å². The quantitative estimate of drug-likeness (QED) is 0.770. The number of nitrogens with zero attached hydrogens (tertiary/aromatic N) is 2. The van der Waals surface area contributed by atoms with Crippen LogP contribution in [0.25, 0.3) is 0 Å². The Morgan fingerprint density at radius 3 is 2.12 bits per heavy atom. The second-order valence-electron chi connectivity index (χ2n) is 3.95. The predicted octanol–water partition coefficient (Wildman–Crippen LogP) is 0.660. The molecule has 92 valence electrons. The summed E-state index contributed by atoms with van der Waals surface area (Å²) in [4.78, 5) is 26.7. The van der Waals surface area contributed by atoms with Gasteiger partial charge in [0.25, 0.3) is 0 Å². The Bertz CT molecular complexity index is 222. The maximum atomic E-state index is 11.6. The van der Waals surface area contributed by atoms with Crippen LogP contribution in [0.15, 0.2) is 0 Å². The molecule has 0 saturated carbocycles. The highest BCUT2D eigenvalue weighted by atomic mass is 16.2. The molecular weight excluding hydrogens is 206 g/mol. The molecule has 1 heterocycles. The van der Waals surface area contributed by atoms with Crippen molar-refractivity contribution < 1.29 is 9.59 Å². The molecule has 0 aromatic carbocycles. The molecule has 0 aromatic heterocycles. The summed E-state index contributed by atoms with van der Waals surface area (Å²) >= 11 is 0. The molecule has 3 amide bonds. The first-order valence-corrected chi connectivity index (χ1v) is 5.99. The van der Waals surface area contributed by atoms with Crippen LogP contribution in [0, 0.1) is 0 Å². The van der Waals surface area contributed by atoms with E-state index >= 15 is 0 Å². The van der Waals surface area contributed by atoms with Crippen LogP contribution >= 0.6 is 0 Å². The number of hydrogen-bond donors (Lipinski definition) is 1. The minimum Gasteiger partial charge on any atom is -0.339 e. The number of nitrogens with one attached hydrogen (secondary N) is 1. The zero-order chi connectivity index (χ0) is 12.0. The van der Waals surface area contributed by atoms with Gasteiger partial charge in [-0.15, -0.1) is 0 Å². The van der Waals surface area contributed by atoms with Crippen LogP contribution in [0.4, 0.5) is 4.79 Å². The lowest BCUT2D eigenvalue weighted by Crippen LogP contribution is -2.53. The number of urea groups is 1. The maximum Gasteiger partial charge on any atom is 0.317 e. The van der Waals surface area contributed by atoms with Crippen molar-refractivity contribution in [2.75, 3.05) is 32.7 Å². The lowest BCUT2D eigenvalue weighted by atomic mass is 10.2. The summed E-state index contributed by atoms with van der Waals surface area (Å²) in [6, 6.07) is -0.0231. The average Bonchev–Trinajstić information content (AvgIpc) is 2.30. The standard InChI is InChI=1S/C11H21N3O2/c1-3-5-10(15)13-6-8-14(9-7-13)11(16)12-4-2/h3-9H2,1-2H3,(H,12,16). The maximum absolute atomic E-state index is 11.6. The molecule has 0 spiro atoms. The van der Waals surface area contributed by atoms with Crippen molar-refractivity contribution in [2.24, 2.45) is 0 Å². The van der Waals surface area contributed by atoms with Crippen LogP contribution in [-0.4, -0.2) is 54.5 Å². The summed E-state index contributed by atoms with van der Waals surface area (Å²) in [6.45, 7) is 7.16. The lowest BCUT2D eigenvalue weighted by molar-refractivity contribution is -0.132. The summed E-state index contributed by atoms with van der Waals surface area (Å²) in [7, 11) is 0. The highest BCUT2D eigenvalue weighted by molar-refractivity contribution is 5.77. The van der Waals surface area contributed by atoms with Crippen LogP contribution in [-0.2, 0) is 4.79 Å². The average molecular weight is 227 g/mol. The van der Waals surface area contributed by atoms with Crippen molar-refractivity contribution in [3.8, 4) is 0 Å². The van der Waals surface area contributed by atoms with E-state index in [0.29, 0.717) is 39.1 Å². The Labute approximate surface area is 96.8 Å². The number of carbonyl (C=O) groups is 2. The van der Waals surface area contributed by atoms with Crippen molar-refractivity contribution in [1.29, 1.82) is 0 Å². The third-order valence-corrected chi connectivity index (χ3v) is 2.71.